The minimum absolute atomic E-state index is 0.0271. The van der Waals surface area contributed by atoms with Crippen LogP contribution in [0, 0.1) is 0 Å². The molecule has 0 fully saturated rings. The third-order valence-electron chi connectivity index (χ3n) is 5.43. The van der Waals surface area contributed by atoms with Gasteiger partial charge in [-0.1, -0.05) is 35.5 Å². The Balaban J connectivity index is 1.57. The lowest BCUT2D eigenvalue weighted by Crippen LogP contribution is -2.31. The van der Waals surface area contributed by atoms with Crippen molar-refractivity contribution in [3.8, 4) is 11.5 Å². The summed E-state index contributed by atoms with van der Waals surface area (Å²) in [4.78, 5) is 43.3. The Hall–Kier alpha value is -4.28. The van der Waals surface area contributed by atoms with Crippen LogP contribution in [0.25, 0.3) is 6.08 Å². The molecule has 0 saturated heterocycles. The summed E-state index contributed by atoms with van der Waals surface area (Å²) in [7, 11) is 3.06. The molecule has 0 saturated carbocycles. The van der Waals surface area contributed by atoms with Crippen LogP contribution in [-0.2, 0) is 9.59 Å². The summed E-state index contributed by atoms with van der Waals surface area (Å²) >= 11 is 7.28. The zero-order valence-corrected chi connectivity index (χ0v) is 22.0. The highest BCUT2D eigenvalue weighted by Gasteiger charge is 2.33. The van der Waals surface area contributed by atoms with E-state index in [1.165, 1.54) is 24.1 Å². The summed E-state index contributed by atoms with van der Waals surface area (Å²) in [5.41, 5.74) is 7.54. The molecule has 9 nitrogen and oxygen atoms in total. The van der Waals surface area contributed by atoms with Gasteiger partial charge in [0, 0.05) is 17.3 Å². The van der Waals surface area contributed by atoms with E-state index < -0.39 is 5.91 Å². The highest BCUT2D eigenvalue weighted by Crippen LogP contribution is 2.34. The van der Waals surface area contributed by atoms with Gasteiger partial charge < -0.3 is 20.5 Å². The van der Waals surface area contributed by atoms with Crippen LogP contribution >= 0.6 is 23.4 Å². The normalized spacial score (nSPS) is 13.9. The van der Waals surface area contributed by atoms with E-state index in [1.807, 2.05) is 12.1 Å². The SMILES string of the molecule is COc1ccc(/C=C2/N=C(SCC(=O)Nc3ccc(C(N)=O)cc3)N(c3ccc(Cl)c(OC)c3)C2=O)cc1. The van der Waals surface area contributed by atoms with Crippen molar-refractivity contribution in [1.29, 1.82) is 0 Å². The van der Waals surface area contributed by atoms with Crippen molar-refractivity contribution < 1.29 is 23.9 Å². The van der Waals surface area contributed by atoms with Gasteiger partial charge in [-0.05, 0) is 60.2 Å². The predicted molar refractivity (Wildman–Crippen MR) is 150 cm³/mol. The molecule has 0 atom stereocenters. The van der Waals surface area contributed by atoms with Crippen LogP contribution in [0.2, 0.25) is 5.02 Å². The molecule has 0 aromatic heterocycles. The van der Waals surface area contributed by atoms with Crippen LogP contribution in [0.1, 0.15) is 15.9 Å². The second-order valence-electron chi connectivity index (χ2n) is 7.93. The summed E-state index contributed by atoms with van der Waals surface area (Å²) < 4.78 is 10.5. The second-order valence-corrected chi connectivity index (χ2v) is 9.28. The van der Waals surface area contributed by atoms with E-state index in [-0.39, 0.29) is 23.3 Å². The number of carbonyl (C=O) groups excluding carboxylic acids is 3. The Morgan fingerprint density at radius 3 is 2.39 bits per heavy atom. The number of benzene rings is 3. The topological polar surface area (TPSA) is 123 Å². The number of aliphatic imine (C=N–C) groups is 1. The number of hydrogen-bond acceptors (Lipinski definition) is 7. The molecule has 0 radical (unpaired) electrons. The molecule has 4 rings (SSSR count). The van der Waals surface area contributed by atoms with E-state index in [0.29, 0.717) is 38.6 Å². The average Bonchev–Trinajstić information content (AvgIpc) is 3.23. The van der Waals surface area contributed by atoms with Crippen molar-refractivity contribution in [2.75, 3.05) is 30.2 Å². The maximum Gasteiger partial charge on any atom is 0.283 e. The number of rotatable bonds is 8. The van der Waals surface area contributed by atoms with E-state index in [9.17, 15) is 14.4 Å². The highest BCUT2D eigenvalue weighted by atomic mass is 35.5. The van der Waals surface area contributed by atoms with Crippen molar-refractivity contribution in [3.63, 3.8) is 0 Å². The molecule has 11 heteroatoms. The number of hydrogen-bond donors (Lipinski definition) is 2. The largest absolute Gasteiger partial charge is 0.497 e. The maximum atomic E-state index is 13.4. The Labute approximate surface area is 228 Å². The number of nitrogens with zero attached hydrogens (tertiary/aromatic N) is 2. The molecule has 0 spiro atoms. The molecule has 3 aromatic rings. The van der Waals surface area contributed by atoms with Gasteiger partial charge in [0.2, 0.25) is 11.8 Å². The summed E-state index contributed by atoms with van der Waals surface area (Å²) in [5, 5.41) is 3.46. The first-order chi connectivity index (χ1) is 18.3. The van der Waals surface area contributed by atoms with E-state index in [4.69, 9.17) is 26.8 Å². The van der Waals surface area contributed by atoms with E-state index in [1.54, 1.807) is 55.7 Å². The summed E-state index contributed by atoms with van der Waals surface area (Å²) in [6, 6.07) is 18.3. The fourth-order valence-electron chi connectivity index (χ4n) is 3.51. The smallest absolute Gasteiger partial charge is 0.283 e. The van der Waals surface area contributed by atoms with E-state index in [0.717, 1.165) is 17.3 Å². The Morgan fingerprint density at radius 2 is 1.76 bits per heavy atom. The van der Waals surface area contributed by atoms with E-state index in [2.05, 4.69) is 10.3 Å². The predicted octanol–water partition coefficient (Wildman–Crippen LogP) is 4.57. The fraction of sp³-hybridized carbons (Fsp3) is 0.111. The van der Waals surface area contributed by atoms with Crippen molar-refractivity contribution >= 4 is 63.7 Å². The van der Waals surface area contributed by atoms with Gasteiger partial charge in [-0.25, -0.2) is 4.99 Å². The standard InChI is InChI=1S/C27H23ClN4O5S/c1-36-20-10-3-16(4-11-20)13-22-26(35)32(19-9-12-21(28)23(14-19)37-2)27(31-22)38-15-24(33)30-18-7-5-17(6-8-18)25(29)34/h3-14H,15H2,1-2H3,(H2,29,34)(H,30,33)/b22-13+. The molecular formula is C27H23ClN4O5S. The van der Waals surface area contributed by atoms with Crippen LogP contribution in [-0.4, -0.2) is 42.9 Å². The van der Waals surface area contributed by atoms with Gasteiger partial charge in [0.05, 0.1) is 30.7 Å². The lowest BCUT2D eigenvalue weighted by molar-refractivity contribution is -0.114. The molecule has 1 aliphatic heterocycles. The zero-order valence-electron chi connectivity index (χ0n) is 20.4. The minimum atomic E-state index is -0.556. The van der Waals surface area contributed by atoms with Gasteiger partial charge in [-0.15, -0.1) is 0 Å². The van der Waals surface area contributed by atoms with Crippen molar-refractivity contribution in [1.82, 2.24) is 0 Å². The van der Waals surface area contributed by atoms with Gasteiger partial charge in [-0.2, -0.15) is 0 Å². The van der Waals surface area contributed by atoms with Crippen molar-refractivity contribution in [3.05, 3.63) is 88.6 Å². The van der Waals surface area contributed by atoms with Crippen LogP contribution in [0.5, 0.6) is 11.5 Å². The molecule has 38 heavy (non-hydrogen) atoms. The molecule has 0 unspecified atom stereocenters. The number of nitrogens with two attached hydrogens (primary N) is 1. The third-order valence-corrected chi connectivity index (χ3v) is 6.68. The number of halogens is 1. The average molecular weight is 551 g/mol. The minimum Gasteiger partial charge on any atom is -0.497 e. The lowest BCUT2D eigenvalue weighted by atomic mass is 10.2. The Bertz CT molecular complexity index is 1440. The Morgan fingerprint density at radius 1 is 1.05 bits per heavy atom. The zero-order chi connectivity index (χ0) is 27.2. The number of amidine groups is 1. The van der Waals surface area contributed by atoms with Crippen molar-refractivity contribution in [2.45, 2.75) is 0 Å². The maximum absolute atomic E-state index is 13.4. The van der Waals surface area contributed by atoms with Crippen LogP contribution in [0.15, 0.2) is 77.4 Å². The molecule has 0 bridgehead atoms. The monoisotopic (exact) mass is 550 g/mol. The number of primary amides is 1. The number of amides is 3. The molecule has 0 aliphatic carbocycles. The molecule has 3 N–H and O–H groups in total. The van der Waals surface area contributed by atoms with Gasteiger partial charge >= 0.3 is 0 Å². The molecule has 3 aromatic carbocycles. The van der Waals surface area contributed by atoms with Gasteiger partial charge in [-0.3, -0.25) is 19.3 Å². The molecule has 194 valence electrons. The molecule has 1 heterocycles. The summed E-state index contributed by atoms with van der Waals surface area (Å²) in [6.07, 6.45) is 1.66. The second kappa shape index (κ2) is 11.8. The number of thioether (sulfide) groups is 1. The van der Waals surface area contributed by atoms with Crippen LogP contribution in [0.4, 0.5) is 11.4 Å². The first kappa shape index (κ1) is 26.8. The molecule has 3 amide bonds. The van der Waals surface area contributed by atoms with Gasteiger partial charge in [0.1, 0.15) is 17.2 Å². The number of methoxy groups -OCH3 is 2. The third kappa shape index (κ3) is 6.16. The van der Waals surface area contributed by atoms with E-state index >= 15 is 0 Å². The first-order valence-electron chi connectivity index (χ1n) is 11.2. The number of nitrogens with one attached hydrogen (secondary N) is 1. The summed E-state index contributed by atoms with van der Waals surface area (Å²) in [5.74, 6) is -0.185. The van der Waals surface area contributed by atoms with Gasteiger partial charge in [0.25, 0.3) is 5.91 Å². The first-order valence-corrected chi connectivity index (χ1v) is 12.6. The van der Waals surface area contributed by atoms with Gasteiger partial charge in [0.15, 0.2) is 5.17 Å². The fourth-order valence-corrected chi connectivity index (χ4v) is 4.52. The quantitative estimate of drug-likeness (QED) is 0.396. The Kier molecular flexibility index (Phi) is 8.35. The lowest BCUT2D eigenvalue weighted by Gasteiger charge is -2.19. The molecule has 1 aliphatic rings. The van der Waals surface area contributed by atoms with Crippen LogP contribution in [0.3, 0.4) is 0 Å². The number of carbonyl (C=O) groups is 3. The summed E-state index contributed by atoms with van der Waals surface area (Å²) in [6.45, 7) is 0. The number of anilines is 2. The number of ether oxygens (including phenoxy) is 2. The molecular weight excluding hydrogens is 528 g/mol. The van der Waals surface area contributed by atoms with Crippen molar-refractivity contribution in [2.24, 2.45) is 10.7 Å². The highest BCUT2D eigenvalue weighted by molar-refractivity contribution is 8.14. The van der Waals surface area contributed by atoms with Crippen LogP contribution < -0.4 is 25.4 Å².